The summed E-state index contributed by atoms with van der Waals surface area (Å²) in [6.07, 6.45) is 11.8. The van der Waals surface area contributed by atoms with Gasteiger partial charge in [-0.2, -0.15) is 0 Å². The van der Waals surface area contributed by atoms with Gasteiger partial charge >= 0.3 is 5.97 Å². The van der Waals surface area contributed by atoms with E-state index >= 15 is 0 Å². The lowest BCUT2D eigenvalue weighted by Gasteiger charge is -2.41. The van der Waals surface area contributed by atoms with Gasteiger partial charge in [-0.3, -0.25) is 4.79 Å². The second-order valence-corrected chi connectivity index (χ2v) is 7.35. The van der Waals surface area contributed by atoms with Crippen molar-refractivity contribution < 1.29 is 9.90 Å². The summed E-state index contributed by atoms with van der Waals surface area (Å²) in [4.78, 5) is 14.3. The van der Waals surface area contributed by atoms with Gasteiger partial charge in [0, 0.05) is 12.6 Å². The number of rotatable bonds is 4. The highest BCUT2D eigenvalue weighted by Gasteiger charge is 2.43. The molecule has 0 aromatic carbocycles. The molecule has 20 heavy (non-hydrogen) atoms. The standard InChI is InChI=1S/C17H31NO2/c1-14-8-7-11-17(12-14,16(19)20)13-18(2)15-9-5-3-4-6-10-15/h14-15H,3-13H2,1-2H3,(H,19,20). The summed E-state index contributed by atoms with van der Waals surface area (Å²) < 4.78 is 0. The van der Waals surface area contributed by atoms with Crippen LogP contribution in [-0.2, 0) is 4.79 Å². The molecule has 0 bridgehead atoms. The average molecular weight is 281 g/mol. The van der Waals surface area contributed by atoms with Crippen molar-refractivity contribution >= 4 is 5.97 Å². The van der Waals surface area contributed by atoms with Crippen LogP contribution in [0.2, 0.25) is 0 Å². The quantitative estimate of drug-likeness (QED) is 0.794. The first-order valence-corrected chi connectivity index (χ1v) is 8.47. The van der Waals surface area contributed by atoms with E-state index in [2.05, 4.69) is 18.9 Å². The maximum Gasteiger partial charge on any atom is 0.310 e. The molecule has 2 atom stereocenters. The molecule has 0 radical (unpaired) electrons. The van der Waals surface area contributed by atoms with E-state index in [1.54, 1.807) is 0 Å². The lowest BCUT2D eigenvalue weighted by atomic mass is 9.69. The highest BCUT2D eigenvalue weighted by molar-refractivity contribution is 5.75. The average Bonchev–Trinajstić information content (AvgIpc) is 2.67. The molecular weight excluding hydrogens is 250 g/mol. The van der Waals surface area contributed by atoms with Crippen LogP contribution in [0.3, 0.4) is 0 Å². The molecule has 3 heteroatoms. The molecular formula is C17H31NO2. The molecule has 2 saturated carbocycles. The van der Waals surface area contributed by atoms with Crippen molar-refractivity contribution in [3.63, 3.8) is 0 Å². The number of hydrogen-bond donors (Lipinski definition) is 1. The third-order valence-corrected chi connectivity index (χ3v) is 5.55. The molecule has 2 aliphatic rings. The summed E-state index contributed by atoms with van der Waals surface area (Å²) >= 11 is 0. The molecule has 0 heterocycles. The summed E-state index contributed by atoms with van der Waals surface area (Å²) in [7, 11) is 2.15. The zero-order valence-corrected chi connectivity index (χ0v) is 13.2. The Morgan fingerprint density at radius 1 is 1.15 bits per heavy atom. The summed E-state index contributed by atoms with van der Waals surface area (Å²) in [6, 6.07) is 0.603. The van der Waals surface area contributed by atoms with Crippen molar-refractivity contribution in [3.05, 3.63) is 0 Å². The summed E-state index contributed by atoms with van der Waals surface area (Å²) in [5.41, 5.74) is -0.487. The highest BCUT2D eigenvalue weighted by Crippen LogP contribution is 2.41. The van der Waals surface area contributed by atoms with Crippen molar-refractivity contribution in [2.75, 3.05) is 13.6 Å². The van der Waals surface area contributed by atoms with Crippen LogP contribution in [0.4, 0.5) is 0 Å². The van der Waals surface area contributed by atoms with E-state index in [1.807, 2.05) is 0 Å². The first kappa shape index (κ1) is 15.8. The zero-order valence-electron chi connectivity index (χ0n) is 13.2. The lowest BCUT2D eigenvalue weighted by molar-refractivity contribution is -0.153. The summed E-state index contributed by atoms with van der Waals surface area (Å²) in [5.74, 6) is -0.00749. The van der Waals surface area contributed by atoms with Gasteiger partial charge in [-0.25, -0.2) is 0 Å². The first-order valence-electron chi connectivity index (χ1n) is 8.47. The SMILES string of the molecule is CC1CCCC(CN(C)C2CCCCCC2)(C(=O)O)C1. The van der Waals surface area contributed by atoms with Crippen molar-refractivity contribution in [2.45, 2.75) is 77.2 Å². The van der Waals surface area contributed by atoms with Gasteiger partial charge in [0.1, 0.15) is 0 Å². The van der Waals surface area contributed by atoms with Crippen molar-refractivity contribution in [2.24, 2.45) is 11.3 Å². The Labute approximate surface area is 123 Å². The van der Waals surface area contributed by atoms with Gasteiger partial charge in [0.15, 0.2) is 0 Å². The zero-order chi connectivity index (χ0) is 14.6. The van der Waals surface area contributed by atoms with Crippen LogP contribution in [0.15, 0.2) is 0 Å². The first-order chi connectivity index (χ1) is 9.53. The number of aliphatic carboxylic acids is 1. The van der Waals surface area contributed by atoms with Crippen LogP contribution in [0, 0.1) is 11.3 Å². The van der Waals surface area contributed by atoms with Gasteiger partial charge in [-0.05, 0) is 38.6 Å². The minimum atomic E-state index is -0.565. The smallest absolute Gasteiger partial charge is 0.310 e. The summed E-state index contributed by atoms with van der Waals surface area (Å²) in [5, 5.41) is 9.78. The van der Waals surface area contributed by atoms with Gasteiger partial charge in [-0.15, -0.1) is 0 Å². The Hall–Kier alpha value is -0.570. The third kappa shape index (κ3) is 3.75. The van der Waals surface area contributed by atoms with E-state index in [0.29, 0.717) is 12.0 Å². The van der Waals surface area contributed by atoms with E-state index < -0.39 is 11.4 Å². The predicted octanol–water partition coefficient (Wildman–Crippen LogP) is 3.92. The Kier molecular flexibility index (Phi) is 5.48. The van der Waals surface area contributed by atoms with Crippen LogP contribution >= 0.6 is 0 Å². The topological polar surface area (TPSA) is 40.5 Å². The van der Waals surface area contributed by atoms with E-state index in [-0.39, 0.29) is 0 Å². The van der Waals surface area contributed by atoms with E-state index in [1.165, 1.54) is 44.9 Å². The Morgan fingerprint density at radius 2 is 1.80 bits per heavy atom. The Bertz CT molecular complexity index is 323. The van der Waals surface area contributed by atoms with Gasteiger partial charge in [0.2, 0.25) is 0 Å². The van der Waals surface area contributed by atoms with E-state index in [0.717, 1.165) is 25.8 Å². The van der Waals surface area contributed by atoms with E-state index in [4.69, 9.17) is 0 Å². The molecule has 2 rings (SSSR count). The van der Waals surface area contributed by atoms with Gasteiger partial charge in [0.05, 0.1) is 5.41 Å². The fourth-order valence-electron chi connectivity index (χ4n) is 4.37. The van der Waals surface area contributed by atoms with E-state index in [9.17, 15) is 9.90 Å². The largest absolute Gasteiger partial charge is 0.481 e. The highest BCUT2D eigenvalue weighted by atomic mass is 16.4. The van der Waals surface area contributed by atoms with Crippen molar-refractivity contribution in [3.8, 4) is 0 Å². The summed E-state index contributed by atoms with van der Waals surface area (Å²) in [6.45, 7) is 2.96. The maximum absolute atomic E-state index is 11.9. The monoisotopic (exact) mass is 281 g/mol. The van der Waals surface area contributed by atoms with Crippen LogP contribution < -0.4 is 0 Å². The minimum absolute atomic E-state index is 0.487. The van der Waals surface area contributed by atoms with Gasteiger partial charge in [0.25, 0.3) is 0 Å². The number of carboxylic acids is 1. The second-order valence-electron chi connectivity index (χ2n) is 7.35. The lowest BCUT2D eigenvalue weighted by Crippen LogP contribution is -2.47. The molecule has 0 aliphatic heterocycles. The number of carboxylic acid groups (broad SMARTS) is 1. The Balaban J connectivity index is 2.01. The predicted molar refractivity (Wildman–Crippen MR) is 81.8 cm³/mol. The molecule has 2 fully saturated rings. The number of hydrogen-bond acceptors (Lipinski definition) is 2. The minimum Gasteiger partial charge on any atom is -0.481 e. The third-order valence-electron chi connectivity index (χ3n) is 5.55. The molecule has 0 spiro atoms. The van der Waals surface area contributed by atoms with Gasteiger partial charge in [-0.1, -0.05) is 45.4 Å². The van der Waals surface area contributed by atoms with Crippen LogP contribution in [0.25, 0.3) is 0 Å². The van der Waals surface area contributed by atoms with Crippen molar-refractivity contribution in [1.29, 1.82) is 0 Å². The molecule has 0 aromatic rings. The van der Waals surface area contributed by atoms with Crippen molar-refractivity contribution in [1.82, 2.24) is 4.90 Å². The molecule has 1 N–H and O–H groups in total. The van der Waals surface area contributed by atoms with Crippen LogP contribution in [0.5, 0.6) is 0 Å². The number of carbonyl (C=O) groups is 1. The molecule has 2 aliphatic carbocycles. The van der Waals surface area contributed by atoms with Crippen LogP contribution in [0.1, 0.15) is 71.1 Å². The molecule has 0 amide bonds. The fraction of sp³-hybridized carbons (Fsp3) is 0.941. The second kappa shape index (κ2) is 6.93. The molecule has 0 saturated heterocycles. The Morgan fingerprint density at radius 3 is 2.35 bits per heavy atom. The maximum atomic E-state index is 11.9. The molecule has 0 aromatic heterocycles. The van der Waals surface area contributed by atoms with Gasteiger partial charge < -0.3 is 10.0 Å². The normalized spacial score (nSPS) is 33.0. The van der Waals surface area contributed by atoms with Crippen LogP contribution in [-0.4, -0.2) is 35.6 Å². The molecule has 116 valence electrons. The molecule has 3 nitrogen and oxygen atoms in total. The number of nitrogens with zero attached hydrogens (tertiary/aromatic N) is 1. The fourth-order valence-corrected chi connectivity index (χ4v) is 4.37. The molecule has 2 unspecified atom stereocenters.